The molecule has 7 aliphatic rings. The molecule has 0 aromatic carbocycles. The van der Waals surface area contributed by atoms with E-state index < -0.39 is 0 Å². The average Bonchev–Trinajstić information content (AvgIpc) is 2.91. The number of carbonyl (C=O) groups excluding carboxylic acids is 1. The van der Waals surface area contributed by atoms with Crippen molar-refractivity contribution in [2.45, 2.75) is 126 Å². The molecule has 0 aromatic heterocycles. The second kappa shape index (κ2) is 9.09. The van der Waals surface area contributed by atoms with E-state index in [4.69, 9.17) is 0 Å². The number of rotatable bonds is 1. The van der Waals surface area contributed by atoms with Crippen LogP contribution in [0.25, 0.3) is 0 Å². The van der Waals surface area contributed by atoms with Gasteiger partial charge in [-0.3, -0.25) is 9.69 Å². The van der Waals surface area contributed by atoms with E-state index in [9.17, 15) is 4.79 Å². The highest BCUT2D eigenvalue weighted by atomic mass is 16.1. The van der Waals surface area contributed by atoms with E-state index in [0.29, 0.717) is 42.0 Å². The Morgan fingerprint density at radius 2 is 1.03 bits per heavy atom. The summed E-state index contributed by atoms with van der Waals surface area (Å²) in [5.41, 5.74) is 0.0748. The third kappa shape index (κ3) is 3.21. The third-order valence-electron chi connectivity index (χ3n) is 11.4. The Bertz CT molecular complexity index is 716. The quantitative estimate of drug-likeness (QED) is 0.472. The summed E-state index contributed by atoms with van der Waals surface area (Å²) in [5.74, 6) is 1.02. The van der Waals surface area contributed by atoms with Gasteiger partial charge in [0.05, 0.1) is 0 Å². The molecule has 0 amide bonds. The van der Waals surface area contributed by atoms with Gasteiger partial charge in [0, 0.05) is 59.5 Å². The molecule has 6 heteroatoms. The Hall–Kier alpha value is -0.530. The summed E-state index contributed by atoms with van der Waals surface area (Å²) in [7, 11) is 0. The van der Waals surface area contributed by atoms with Crippen LogP contribution in [0.1, 0.15) is 83.5 Å². The number of carbonyl (C=O) groups is 1. The molecular formula is C28H47N5O. The van der Waals surface area contributed by atoms with E-state index in [2.05, 4.69) is 26.2 Å². The Morgan fingerprint density at radius 1 is 0.559 bits per heavy atom. The summed E-state index contributed by atoms with van der Waals surface area (Å²) in [6, 6.07) is 3.58. The van der Waals surface area contributed by atoms with E-state index in [1.807, 2.05) is 0 Å². The summed E-state index contributed by atoms with van der Waals surface area (Å²) >= 11 is 0. The van der Waals surface area contributed by atoms with E-state index in [0.717, 1.165) is 57.9 Å². The van der Waals surface area contributed by atoms with Crippen molar-refractivity contribution in [3.05, 3.63) is 0 Å². The van der Waals surface area contributed by atoms with Crippen LogP contribution in [0.15, 0.2) is 0 Å². The number of hydrogen-bond donors (Lipinski definition) is 4. The predicted molar refractivity (Wildman–Crippen MR) is 135 cm³/mol. The molecule has 6 nitrogen and oxygen atoms in total. The molecule has 190 valence electrons. The van der Waals surface area contributed by atoms with Gasteiger partial charge in [0.15, 0.2) is 0 Å². The fourth-order valence-corrected chi connectivity index (χ4v) is 10.4. The lowest BCUT2D eigenvalue weighted by Crippen LogP contribution is -2.88. The molecule has 1 spiro atoms. The van der Waals surface area contributed by atoms with E-state index in [1.165, 1.54) is 57.8 Å². The number of piperidine rings is 5. The minimum atomic E-state index is 0.0748. The van der Waals surface area contributed by atoms with Crippen LogP contribution in [0.3, 0.4) is 0 Å². The van der Waals surface area contributed by atoms with Crippen molar-refractivity contribution in [2.24, 2.45) is 17.3 Å². The normalized spacial score (nSPS) is 50.2. The van der Waals surface area contributed by atoms with E-state index >= 15 is 0 Å². The van der Waals surface area contributed by atoms with Gasteiger partial charge in [-0.05, 0) is 90.4 Å². The van der Waals surface area contributed by atoms with Crippen LogP contribution in [-0.4, -0.2) is 79.2 Å². The molecule has 7 fully saturated rings. The Kier molecular flexibility index (Phi) is 6.06. The number of Topliss-reactive ketones (excluding diaryl/α,β-unsaturated/α-hetero) is 1. The van der Waals surface area contributed by atoms with Crippen molar-refractivity contribution in [2.75, 3.05) is 26.2 Å². The van der Waals surface area contributed by atoms with Crippen molar-refractivity contribution in [1.29, 1.82) is 0 Å². The molecule has 5 heterocycles. The molecule has 8 unspecified atom stereocenters. The Labute approximate surface area is 206 Å². The van der Waals surface area contributed by atoms with Crippen molar-refractivity contribution < 1.29 is 4.79 Å². The highest BCUT2D eigenvalue weighted by Crippen LogP contribution is 2.57. The minimum Gasteiger partial charge on any atom is -0.313 e. The van der Waals surface area contributed by atoms with Crippen LogP contribution in [0.5, 0.6) is 0 Å². The molecule has 8 atom stereocenters. The van der Waals surface area contributed by atoms with Gasteiger partial charge in [-0.2, -0.15) is 0 Å². The summed E-state index contributed by atoms with van der Waals surface area (Å²) in [6.07, 6.45) is 16.8. The molecule has 4 N–H and O–H groups in total. The van der Waals surface area contributed by atoms with Crippen molar-refractivity contribution in [3.8, 4) is 0 Å². The molecular weight excluding hydrogens is 422 g/mol. The van der Waals surface area contributed by atoms with Crippen LogP contribution in [0.4, 0.5) is 0 Å². The molecule has 7 rings (SSSR count). The number of hydrogen-bond acceptors (Lipinski definition) is 6. The van der Waals surface area contributed by atoms with Crippen LogP contribution in [-0.2, 0) is 4.79 Å². The fourth-order valence-electron chi connectivity index (χ4n) is 10.4. The van der Waals surface area contributed by atoms with Gasteiger partial charge >= 0.3 is 0 Å². The maximum atomic E-state index is 13.9. The highest BCUT2D eigenvalue weighted by molar-refractivity contribution is 5.87. The Morgan fingerprint density at radius 3 is 1.56 bits per heavy atom. The molecule has 0 aromatic rings. The van der Waals surface area contributed by atoms with Crippen LogP contribution < -0.4 is 21.3 Å². The zero-order valence-electron chi connectivity index (χ0n) is 21.1. The van der Waals surface area contributed by atoms with Gasteiger partial charge in [-0.25, -0.2) is 0 Å². The summed E-state index contributed by atoms with van der Waals surface area (Å²) in [6.45, 7) is 4.44. The number of nitrogens with zero attached hydrogens (tertiary/aromatic N) is 1. The summed E-state index contributed by atoms with van der Waals surface area (Å²) < 4.78 is 0. The molecule has 0 radical (unpaired) electrons. The first-order chi connectivity index (χ1) is 16.8. The molecule has 5 saturated heterocycles. The smallest absolute Gasteiger partial charge is 0.142 e. The number of ketones is 1. The van der Waals surface area contributed by atoms with Gasteiger partial charge in [-0.15, -0.1) is 0 Å². The molecule has 2 saturated carbocycles. The molecule has 5 aliphatic heterocycles. The zero-order chi connectivity index (χ0) is 22.7. The first kappa shape index (κ1) is 22.7. The van der Waals surface area contributed by atoms with Gasteiger partial charge in [-0.1, -0.05) is 19.3 Å². The first-order valence-corrected chi connectivity index (χ1v) is 15.1. The molecule has 34 heavy (non-hydrogen) atoms. The lowest BCUT2D eigenvalue weighted by molar-refractivity contribution is -0.179. The SMILES string of the molecule is O=C1C2CCCNC2C2(C3NCCCC13)C1NCCCC1N(C1CCCCC1)C1CCCNC12. The molecule has 2 aliphatic carbocycles. The lowest BCUT2D eigenvalue weighted by Gasteiger charge is -2.72. The average molecular weight is 470 g/mol. The standard InChI is InChI=1S/C28H47N5O/c34-23-19-10-4-14-29-24(19)28(25-20(23)11-5-15-30-25)26-21(12-6-16-31-26)33(18-8-2-1-3-9-18)22-13-7-17-32-27(22)28/h18-22,24-27,29-32H,1-17H2. The maximum Gasteiger partial charge on any atom is 0.142 e. The number of likely N-dealkylation sites (tertiary alicyclic amines) is 1. The second-order valence-corrected chi connectivity index (χ2v) is 12.8. The van der Waals surface area contributed by atoms with Gasteiger partial charge in [0.2, 0.25) is 0 Å². The zero-order valence-corrected chi connectivity index (χ0v) is 21.1. The van der Waals surface area contributed by atoms with E-state index in [-0.39, 0.29) is 17.3 Å². The van der Waals surface area contributed by atoms with E-state index in [1.54, 1.807) is 0 Å². The van der Waals surface area contributed by atoms with Crippen LogP contribution in [0, 0.1) is 17.3 Å². The van der Waals surface area contributed by atoms with Crippen molar-refractivity contribution in [1.82, 2.24) is 26.2 Å². The van der Waals surface area contributed by atoms with Crippen molar-refractivity contribution in [3.63, 3.8) is 0 Å². The fraction of sp³-hybridized carbons (Fsp3) is 0.964. The number of nitrogens with one attached hydrogen (secondary N) is 4. The highest BCUT2D eigenvalue weighted by Gasteiger charge is 2.71. The van der Waals surface area contributed by atoms with Gasteiger partial charge in [0.25, 0.3) is 0 Å². The summed E-state index contributed by atoms with van der Waals surface area (Å²) in [4.78, 5) is 17.0. The summed E-state index contributed by atoms with van der Waals surface area (Å²) in [5, 5.41) is 16.5. The Balaban J connectivity index is 1.38. The third-order valence-corrected chi connectivity index (χ3v) is 11.4. The monoisotopic (exact) mass is 469 g/mol. The largest absolute Gasteiger partial charge is 0.313 e. The first-order valence-electron chi connectivity index (χ1n) is 15.1. The molecule has 0 bridgehead atoms. The minimum absolute atomic E-state index is 0.0748. The maximum absolute atomic E-state index is 13.9. The van der Waals surface area contributed by atoms with Gasteiger partial charge < -0.3 is 21.3 Å². The van der Waals surface area contributed by atoms with Crippen LogP contribution in [0.2, 0.25) is 0 Å². The van der Waals surface area contributed by atoms with Crippen molar-refractivity contribution >= 4 is 5.78 Å². The second-order valence-electron chi connectivity index (χ2n) is 12.8. The topological polar surface area (TPSA) is 68.4 Å². The lowest BCUT2D eigenvalue weighted by atomic mass is 9.46. The van der Waals surface area contributed by atoms with Gasteiger partial charge in [0.1, 0.15) is 5.78 Å². The van der Waals surface area contributed by atoms with Crippen LogP contribution >= 0.6 is 0 Å². The number of fused-ring (bicyclic) bond motifs is 8. The predicted octanol–water partition coefficient (Wildman–Crippen LogP) is 2.18.